The van der Waals surface area contributed by atoms with Crippen LogP contribution in [0.15, 0.2) is 11.6 Å². The Hall–Kier alpha value is -1.11. The van der Waals surface area contributed by atoms with Gasteiger partial charge in [-0.1, -0.05) is 13.8 Å². The van der Waals surface area contributed by atoms with E-state index in [0.29, 0.717) is 24.9 Å². The number of fused-ring (bicyclic) bond motifs is 6. The Labute approximate surface area is 259 Å². The van der Waals surface area contributed by atoms with Crippen molar-refractivity contribution in [2.45, 2.75) is 152 Å². The van der Waals surface area contributed by atoms with Gasteiger partial charge in [-0.15, -0.1) is 0 Å². The van der Waals surface area contributed by atoms with Gasteiger partial charge in [0, 0.05) is 17.9 Å². The summed E-state index contributed by atoms with van der Waals surface area (Å²) in [5.41, 5.74) is 0.228. The van der Waals surface area contributed by atoms with E-state index in [1.54, 1.807) is 13.0 Å². The average molecular weight is 619 g/mol. The fourth-order valence-electron chi connectivity index (χ4n) is 11.2. The number of carbonyl (C=O) groups excluding carboxylic acids is 1. The minimum absolute atomic E-state index is 0.0569. The number of ether oxygens (including phenoxy) is 6. The first-order valence-corrected chi connectivity index (χ1v) is 17.2. The van der Waals surface area contributed by atoms with Crippen molar-refractivity contribution in [1.82, 2.24) is 0 Å². The van der Waals surface area contributed by atoms with Crippen LogP contribution in [0.25, 0.3) is 0 Å². The number of cyclic esters (lactones) is 1. The predicted octanol–water partition coefficient (Wildman–Crippen LogP) is 3.34. The smallest absolute Gasteiger partial charge is 0.331 e. The van der Waals surface area contributed by atoms with E-state index in [0.717, 1.165) is 69.8 Å². The van der Waals surface area contributed by atoms with Crippen LogP contribution in [0.3, 0.4) is 0 Å². The normalized spacial score (nSPS) is 56.5. The fraction of sp³-hybridized carbons (Fsp3) is 0.912. The second-order valence-electron chi connectivity index (χ2n) is 15.8. The summed E-state index contributed by atoms with van der Waals surface area (Å²) in [6.07, 6.45) is 6.63. The highest BCUT2D eigenvalue weighted by atomic mass is 16.8. The van der Waals surface area contributed by atoms with Gasteiger partial charge in [0.1, 0.15) is 31.0 Å². The number of carbonyl (C=O) groups is 1. The Balaban J connectivity index is 0.929. The molecule has 0 bridgehead atoms. The topological polar surface area (TPSA) is 136 Å². The molecule has 0 spiro atoms. The van der Waals surface area contributed by atoms with Gasteiger partial charge in [0.05, 0.1) is 17.8 Å². The van der Waals surface area contributed by atoms with Crippen molar-refractivity contribution in [2.24, 2.45) is 34.5 Å². The molecule has 4 aliphatic carbocycles. The second-order valence-corrected chi connectivity index (χ2v) is 15.8. The molecule has 246 valence electrons. The quantitative estimate of drug-likeness (QED) is 0.239. The summed E-state index contributed by atoms with van der Waals surface area (Å²) in [5, 5.41) is 34.6. The first-order valence-electron chi connectivity index (χ1n) is 17.2. The van der Waals surface area contributed by atoms with Gasteiger partial charge in [-0.05, 0) is 106 Å². The van der Waals surface area contributed by atoms with Crippen LogP contribution in [0.5, 0.6) is 0 Å². The molecule has 4 heterocycles. The maximum atomic E-state index is 12.5. The van der Waals surface area contributed by atoms with Gasteiger partial charge >= 0.3 is 5.97 Å². The number of aliphatic hydroxyl groups is 3. The summed E-state index contributed by atoms with van der Waals surface area (Å²) in [6, 6.07) is 0. The molecule has 16 unspecified atom stereocenters. The molecule has 3 saturated heterocycles. The Kier molecular flexibility index (Phi) is 7.36. The predicted molar refractivity (Wildman–Crippen MR) is 155 cm³/mol. The van der Waals surface area contributed by atoms with Crippen molar-refractivity contribution >= 4 is 5.97 Å². The van der Waals surface area contributed by atoms with Gasteiger partial charge in [-0.2, -0.15) is 0 Å². The molecule has 10 nitrogen and oxygen atoms in total. The summed E-state index contributed by atoms with van der Waals surface area (Å²) >= 11 is 0. The van der Waals surface area contributed by atoms with Crippen LogP contribution in [0.1, 0.15) is 91.4 Å². The SMILES string of the molecule is CC1OC(OC2CCC3(C)C(CCC4C3CCC3(C)C(C5=CC(=O)OC5)CCC43O)C2)C(O)C(OC2CCC3OC3O2)C1O. The van der Waals surface area contributed by atoms with Crippen LogP contribution in [-0.2, 0) is 33.2 Å². The highest BCUT2D eigenvalue weighted by Crippen LogP contribution is 2.70. The number of hydrogen-bond acceptors (Lipinski definition) is 10. The molecule has 7 fully saturated rings. The third-order valence-corrected chi connectivity index (χ3v) is 13.9. The fourth-order valence-corrected chi connectivity index (χ4v) is 11.2. The van der Waals surface area contributed by atoms with Gasteiger partial charge in [0.2, 0.25) is 0 Å². The van der Waals surface area contributed by atoms with Gasteiger partial charge < -0.3 is 43.7 Å². The zero-order valence-corrected chi connectivity index (χ0v) is 26.3. The van der Waals surface area contributed by atoms with E-state index >= 15 is 0 Å². The minimum Gasteiger partial charge on any atom is -0.458 e. The van der Waals surface area contributed by atoms with Crippen LogP contribution < -0.4 is 0 Å². The summed E-state index contributed by atoms with van der Waals surface area (Å²) < 4.78 is 35.1. The van der Waals surface area contributed by atoms with Crippen molar-refractivity contribution < 1.29 is 48.5 Å². The molecule has 0 aromatic heterocycles. The highest BCUT2D eigenvalue weighted by molar-refractivity contribution is 5.85. The maximum Gasteiger partial charge on any atom is 0.331 e. The first-order chi connectivity index (χ1) is 21.0. The molecule has 8 aliphatic rings. The second kappa shape index (κ2) is 10.7. The van der Waals surface area contributed by atoms with E-state index in [4.69, 9.17) is 28.4 Å². The molecule has 0 amide bonds. The number of rotatable bonds is 5. The van der Waals surface area contributed by atoms with E-state index in [2.05, 4.69) is 13.8 Å². The number of hydrogen-bond donors (Lipinski definition) is 3. The van der Waals surface area contributed by atoms with Crippen LogP contribution in [0, 0.1) is 34.5 Å². The highest BCUT2D eigenvalue weighted by Gasteiger charge is 2.68. The van der Waals surface area contributed by atoms with Crippen LogP contribution in [0.2, 0.25) is 0 Å². The van der Waals surface area contributed by atoms with Crippen LogP contribution in [0.4, 0.5) is 0 Å². The Morgan fingerprint density at radius 2 is 1.73 bits per heavy atom. The first kappa shape index (κ1) is 30.2. The number of esters is 1. The number of epoxide rings is 1. The van der Waals surface area contributed by atoms with Gasteiger partial charge in [0.15, 0.2) is 18.9 Å². The van der Waals surface area contributed by atoms with Crippen molar-refractivity contribution in [3.63, 3.8) is 0 Å². The third-order valence-electron chi connectivity index (χ3n) is 13.9. The summed E-state index contributed by atoms with van der Waals surface area (Å²) in [6.45, 7) is 6.87. The van der Waals surface area contributed by atoms with E-state index < -0.39 is 42.6 Å². The van der Waals surface area contributed by atoms with E-state index in [1.807, 2.05) is 0 Å². The molecule has 10 heteroatoms. The lowest BCUT2D eigenvalue weighted by Crippen LogP contribution is -2.63. The Morgan fingerprint density at radius 1 is 0.886 bits per heavy atom. The van der Waals surface area contributed by atoms with E-state index in [9.17, 15) is 20.1 Å². The van der Waals surface area contributed by atoms with Gasteiger partial charge in [0.25, 0.3) is 0 Å². The standard InChI is InChI=1S/C34H50O10/c1-17-27(36)29(43-26-7-6-24-30(42-24)44-26)28(37)31(40-17)41-20-8-11-32(2)19(15-20)4-5-23-22(32)9-12-33(3)21(10-13-34(23,33)38)18-14-25(35)39-16-18/h14,17,19-24,26-31,36-38H,4-13,15-16H2,1-3H3. The largest absolute Gasteiger partial charge is 0.458 e. The summed E-state index contributed by atoms with van der Waals surface area (Å²) in [4.78, 5) is 11.9. The Bertz CT molecular complexity index is 1180. The van der Waals surface area contributed by atoms with Gasteiger partial charge in [-0.25, -0.2) is 4.79 Å². The van der Waals surface area contributed by atoms with Crippen molar-refractivity contribution in [3.8, 4) is 0 Å². The average Bonchev–Trinajstić information content (AvgIpc) is 3.56. The lowest BCUT2D eigenvalue weighted by Gasteiger charge is -2.64. The molecular formula is C34H50O10. The van der Waals surface area contributed by atoms with Crippen molar-refractivity contribution in [3.05, 3.63) is 11.6 Å². The molecular weight excluding hydrogens is 568 g/mol. The molecule has 0 aromatic rings. The Morgan fingerprint density at radius 3 is 2.50 bits per heavy atom. The zero-order valence-electron chi connectivity index (χ0n) is 26.3. The lowest BCUT2D eigenvalue weighted by molar-refractivity contribution is -0.336. The lowest BCUT2D eigenvalue weighted by atomic mass is 9.43. The van der Waals surface area contributed by atoms with Gasteiger partial charge in [-0.3, -0.25) is 0 Å². The molecule has 4 saturated carbocycles. The van der Waals surface area contributed by atoms with E-state index in [1.165, 1.54) is 0 Å². The maximum absolute atomic E-state index is 12.5. The molecule has 16 atom stereocenters. The zero-order chi connectivity index (χ0) is 30.6. The van der Waals surface area contributed by atoms with Crippen molar-refractivity contribution in [1.29, 1.82) is 0 Å². The molecule has 8 rings (SSSR count). The summed E-state index contributed by atoms with van der Waals surface area (Å²) in [7, 11) is 0. The molecule has 0 aromatic carbocycles. The van der Waals surface area contributed by atoms with E-state index in [-0.39, 0.29) is 47.1 Å². The third kappa shape index (κ3) is 4.60. The monoisotopic (exact) mass is 618 g/mol. The summed E-state index contributed by atoms with van der Waals surface area (Å²) in [5.74, 6) is 1.13. The van der Waals surface area contributed by atoms with Crippen LogP contribution in [-0.4, -0.2) is 89.0 Å². The number of aliphatic hydroxyl groups excluding tert-OH is 2. The van der Waals surface area contributed by atoms with Crippen LogP contribution >= 0.6 is 0 Å². The minimum atomic E-state index is -1.14. The molecule has 0 radical (unpaired) electrons. The molecule has 44 heavy (non-hydrogen) atoms. The molecule has 4 aliphatic heterocycles. The molecule has 3 N–H and O–H groups in total. The van der Waals surface area contributed by atoms with Crippen molar-refractivity contribution in [2.75, 3.05) is 6.61 Å².